The van der Waals surface area contributed by atoms with E-state index in [-0.39, 0.29) is 5.02 Å². The van der Waals surface area contributed by atoms with Crippen LogP contribution < -0.4 is 11.1 Å². The van der Waals surface area contributed by atoms with Gasteiger partial charge in [0.15, 0.2) is 0 Å². The summed E-state index contributed by atoms with van der Waals surface area (Å²) < 4.78 is 13.1. The summed E-state index contributed by atoms with van der Waals surface area (Å²) in [5.41, 5.74) is 8.13. The van der Waals surface area contributed by atoms with Crippen LogP contribution in [0, 0.1) is 5.82 Å². The van der Waals surface area contributed by atoms with Crippen molar-refractivity contribution in [2.75, 3.05) is 11.1 Å². The number of anilines is 3. The van der Waals surface area contributed by atoms with Crippen LogP contribution >= 0.6 is 11.6 Å². The van der Waals surface area contributed by atoms with E-state index in [1.165, 1.54) is 12.1 Å². The van der Waals surface area contributed by atoms with Crippen LogP contribution in [-0.4, -0.2) is 9.97 Å². The van der Waals surface area contributed by atoms with Gasteiger partial charge in [-0.3, -0.25) is 4.98 Å². The van der Waals surface area contributed by atoms with E-state index in [1.54, 1.807) is 18.5 Å². The van der Waals surface area contributed by atoms with Crippen molar-refractivity contribution in [1.29, 1.82) is 0 Å². The van der Waals surface area contributed by atoms with Gasteiger partial charge in [0.1, 0.15) is 11.6 Å². The SMILES string of the molecule is Nc1[nH]c2cnccc2c1Nc1ccc(F)c(Cl)c1. The Kier molecular flexibility index (Phi) is 2.76. The zero-order chi connectivity index (χ0) is 13.4. The summed E-state index contributed by atoms with van der Waals surface area (Å²) in [6.45, 7) is 0. The van der Waals surface area contributed by atoms with Crippen LogP contribution in [-0.2, 0) is 0 Å². The number of rotatable bonds is 2. The summed E-state index contributed by atoms with van der Waals surface area (Å²) in [6.07, 6.45) is 3.37. The van der Waals surface area contributed by atoms with Gasteiger partial charge < -0.3 is 16.0 Å². The zero-order valence-corrected chi connectivity index (χ0v) is 10.5. The van der Waals surface area contributed by atoms with Gasteiger partial charge in [-0.05, 0) is 24.3 Å². The number of halogens is 2. The average Bonchev–Trinajstić information content (AvgIpc) is 2.71. The Bertz CT molecular complexity index is 753. The normalized spacial score (nSPS) is 10.8. The maximum Gasteiger partial charge on any atom is 0.141 e. The number of nitrogens with two attached hydrogens (primary N) is 1. The van der Waals surface area contributed by atoms with E-state index in [0.717, 1.165) is 16.6 Å². The van der Waals surface area contributed by atoms with Gasteiger partial charge in [-0.15, -0.1) is 0 Å². The Hall–Kier alpha value is -2.27. The molecule has 3 aromatic rings. The Morgan fingerprint density at radius 1 is 1.32 bits per heavy atom. The quantitative estimate of drug-likeness (QED) is 0.669. The summed E-state index contributed by atoms with van der Waals surface area (Å²) in [5.74, 6) is 0.0340. The summed E-state index contributed by atoms with van der Waals surface area (Å²) in [4.78, 5) is 7.03. The highest BCUT2D eigenvalue weighted by atomic mass is 35.5. The van der Waals surface area contributed by atoms with Gasteiger partial charge in [-0.2, -0.15) is 0 Å². The third-order valence-electron chi connectivity index (χ3n) is 2.82. The molecule has 0 saturated carbocycles. The zero-order valence-electron chi connectivity index (χ0n) is 9.74. The first-order valence-electron chi connectivity index (χ1n) is 5.58. The molecule has 0 aliphatic rings. The summed E-state index contributed by atoms with van der Waals surface area (Å²) >= 11 is 5.75. The number of aromatic nitrogens is 2. The Labute approximate surface area is 113 Å². The number of nitrogens with zero attached hydrogens (tertiary/aromatic N) is 1. The molecule has 0 atom stereocenters. The smallest absolute Gasteiger partial charge is 0.141 e. The van der Waals surface area contributed by atoms with Crippen LogP contribution in [0.5, 0.6) is 0 Å². The van der Waals surface area contributed by atoms with Crippen LogP contribution in [0.4, 0.5) is 21.6 Å². The Balaban J connectivity index is 2.05. The molecule has 3 rings (SSSR count). The van der Waals surface area contributed by atoms with E-state index >= 15 is 0 Å². The van der Waals surface area contributed by atoms with Gasteiger partial charge >= 0.3 is 0 Å². The maximum absolute atomic E-state index is 13.1. The van der Waals surface area contributed by atoms with Crippen LogP contribution in [0.1, 0.15) is 0 Å². The van der Waals surface area contributed by atoms with Crippen LogP contribution in [0.15, 0.2) is 36.7 Å². The van der Waals surface area contributed by atoms with E-state index < -0.39 is 5.82 Å². The lowest BCUT2D eigenvalue weighted by molar-refractivity contribution is 0.628. The van der Waals surface area contributed by atoms with Gasteiger partial charge in [0.25, 0.3) is 0 Å². The first-order chi connectivity index (χ1) is 9.15. The number of nitrogens with one attached hydrogen (secondary N) is 2. The second-order valence-electron chi connectivity index (χ2n) is 4.09. The molecule has 0 fully saturated rings. The highest BCUT2D eigenvalue weighted by molar-refractivity contribution is 6.31. The summed E-state index contributed by atoms with van der Waals surface area (Å²) in [5, 5.41) is 4.10. The third kappa shape index (κ3) is 2.08. The molecule has 96 valence electrons. The fourth-order valence-electron chi connectivity index (χ4n) is 1.92. The van der Waals surface area contributed by atoms with Crippen LogP contribution in [0.25, 0.3) is 10.9 Å². The Morgan fingerprint density at radius 2 is 2.16 bits per heavy atom. The lowest BCUT2D eigenvalue weighted by Crippen LogP contribution is -1.94. The van der Waals surface area contributed by atoms with E-state index in [2.05, 4.69) is 15.3 Å². The van der Waals surface area contributed by atoms with Crippen molar-refractivity contribution in [1.82, 2.24) is 9.97 Å². The van der Waals surface area contributed by atoms with Crippen molar-refractivity contribution in [2.24, 2.45) is 0 Å². The molecule has 2 heterocycles. The minimum Gasteiger partial charge on any atom is -0.384 e. The molecule has 0 unspecified atom stereocenters. The molecule has 4 nitrogen and oxygen atoms in total. The van der Waals surface area contributed by atoms with Gasteiger partial charge in [-0.25, -0.2) is 4.39 Å². The number of nitrogen functional groups attached to an aromatic ring is 1. The van der Waals surface area contributed by atoms with Gasteiger partial charge in [0.05, 0.1) is 22.4 Å². The maximum atomic E-state index is 13.1. The van der Waals surface area contributed by atoms with Crippen LogP contribution in [0.2, 0.25) is 5.02 Å². The van der Waals surface area contributed by atoms with Crippen molar-refractivity contribution in [3.05, 3.63) is 47.5 Å². The van der Waals surface area contributed by atoms with Crippen molar-refractivity contribution in [3.8, 4) is 0 Å². The number of benzene rings is 1. The van der Waals surface area contributed by atoms with E-state index in [9.17, 15) is 4.39 Å². The topological polar surface area (TPSA) is 66.7 Å². The van der Waals surface area contributed by atoms with Gasteiger partial charge in [0, 0.05) is 17.3 Å². The minimum absolute atomic E-state index is 0.0603. The van der Waals surface area contributed by atoms with E-state index in [1.807, 2.05) is 6.07 Å². The number of hydrogen-bond donors (Lipinski definition) is 3. The predicted octanol–water partition coefficient (Wildman–Crippen LogP) is 3.68. The first-order valence-corrected chi connectivity index (χ1v) is 5.96. The standard InChI is InChI=1S/C13H10ClFN4/c14-9-5-7(1-2-10(9)15)18-12-8-3-4-17-6-11(8)19-13(12)16/h1-6,18-19H,16H2. The molecular formula is C13H10ClFN4. The van der Waals surface area contributed by atoms with Crippen LogP contribution in [0.3, 0.4) is 0 Å². The molecule has 0 radical (unpaired) electrons. The molecular weight excluding hydrogens is 267 g/mol. The molecule has 0 amide bonds. The highest BCUT2D eigenvalue weighted by Gasteiger charge is 2.10. The number of aromatic amines is 1. The predicted molar refractivity (Wildman–Crippen MR) is 75.2 cm³/mol. The molecule has 0 bridgehead atoms. The van der Waals surface area contributed by atoms with E-state index in [0.29, 0.717) is 11.5 Å². The number of H-pyrrole nitrogens is 1. The number of fused-ring (bicyclic) bond motifs is 1. The second kappa shape index (κ2) is 4.44. The molecule has 6 heteroatoms. The molecule has 4 N–H and O–H groups in total. The lowest BCUT2D eigenvalue weighted by atomic mass is 10.2. The average molecular weight is 277 g/mol. The molecule has 1 aromatic carbocycles. The summed E-state index contributed by atoms with van der Waals surface area (Å²) in [6, 6.07) is 6.25. The molecule has 0 aliphatic heterocycles. The first kappa shape index (κ1) is 11.8. The molecule has 0 spiro atoms. The fraction of sp³-hybridized carbons (Fsp3) is 0. The van der Waals surface area contributed by atoms with Crippen molar-refractivity contribution in [3.63, 3.8) is 0 Å². The second-order valence-corrected chi connectivity index (χ2v) is 4.50. The van der Waals surface area contributed by atoms with E-state index in [4.69, 9.17) is 17.3 Å². The number of pyridine rings is 1. The van der Waals surface area contributed by atoms with Crippen molar-refractivity contribution >= 4 is 39.7 Å². The fourth-order valence-corrected chi connectivity index (χ4v) is 2.10. The monoisotopic (exact) mass is 276 g/mol. The molecule has 0 aliphatic carbocycles. The summed E-state index contributed by atoms with van der Waals surface area (Å²) in [7, 11) is 0. The number of hydrogen-bond acceptors (Lipinski definition) is 3. The minimum atomic E-state index is -0.455. The lowest BCUT2D eigenvalue weighted by Gasteiger charge is -2.07. The Morgan fingerprint density at radius 3 is 2.95 bits per heavy atom. The molecule has 2 aromatic heterocycles. The molecule has 19 heavy (non-hydrogen) atoms. The van der Waals surface area contributed by atoms with Crippen molar-refractivity contribution < 1.29 is 4.39 Å². The van der Waals surface area contributed by atoms with Gasteiger partial charge in [-0.1, -0.05) is 11.6 Å². The third-order valence-corrected chi connectivity index (χ3v) is 3.11. The highest BCUT2D eigenvalue weighted by Crippen LogP contribution is 2.32. The molecule has 0 saturated heterocycles. The van der Waals surface area contributed by atoms with Gasteiger partial charge in [0.2, 0.25) is 0 Å². The van der Waals surface area contributed by atoms with Crippen molar-refractivity contribution in [2.45, 2.75) is 0 Å². The largest absolute Gasteiger partial charge is 0.384 e.